The lowest BCUT2D eigenvalue weighted by Gasteiger charge is -2.06. The van der Waals surface area contributed by atoms with E-state index in [0.717, 1.165) is 24.3 Å². The molecule has 0 aliphatic carbocycles. The zero-order chi connectivity index (χ0) is 15.5. The van der Waals surface area contributed by atoms with Crippen LogP contribution >= 0.6 is 0 Å². The average molecular weight is 296 g/mol. The normalized spacial score (nSPS) is 12.3. The Hall–Kier alpha value is -2.57. The van der Waals surface area contributed by atoms with Crippen LogP contribution in [0.1, 0.15) is 28.5 Å². The number of carbonyl (C=O) groups excluding carboxylic acids is 1. The van der Waals surface area contributed by atoms with Gasteiger partial charge in [0.15, 0.2) is 0 Å². The second kappa shape index (κ2) is 5.82. The van der Waals surface area contributed by atoms with Gasteiger partial charge in [-0.3, -0.25) is 0 Å². The van der Waals surface area contributed by atoms with E-state index in [9.17, 15) is 18.0 Å². The third kappa shape index (κ3) is 3.71. The van der Waals surface area contributed by atoms with E-state index in [-0.39, 0.29) is 5.56 Å². The summed E-state index contributed by atoms with van der Waals surface area (Å²) < 4.78 is 37.2. The fraction of sp³-hybridized carbons (Fsp3) is 0.143. The van der Waals surface area contributed by atoms with Gasteiger partial charge in [-0.15, -0.1) is 0 Å². The quantitative estimate of drug-likeness (QED) is 0.534. The number of benzene rings is 1. The van der Waals surface area contributed by atoms with Crippen LogP contribution in [0.5, 0.6) is 0 Å². The largest absolute Gasteiger partial charge is 0.416 e. The van der Waals surface area contributed by atoms with Gasteiger partial charge in [-0.1, -0.05) is 5.16 Å². The van der Waals surface area contributed by atoms with Crippen LogP contribution < -0.4 is 0 Å². The van der Waals surface area contributed by atoms with Crippen molar-refractivity contribution in [2.45, 2.75) is 13.1 Å². The standard InChI is InChI=1S/C14H11F3N2O2/c1-9(12-3-2-8-18-12)19-21-13(20)10-4-6-11(7-5-10)14(15,16)17/h2-8,18H,1H3/b19-9+. The number of carbonyl (C=O) groups is 1. The molecule has 0 spiro atoms. The van der Waals surface area contributed by atoms with E-state index in [1.54, 1.807) is 25.3 Å². The van der Waals surface area contributed by atoms with Gasteiger partial charge in [-0.2, -0.15) is 13.2 Å². The van der Waals surface area contributed by atoms with Gasteiger partial charge in [0.1, 0.15) is 5.71 Å². The Bertz CT molecular complexity index is 644. The Morgan fingerprint density at radius 2 is 1.86 bits per heavy atom. The number of H-pyrrole nitrogens is 1. The highest BCUT2D eigenvalue weighted by atomic mass is 19.4. The van der Waals surface area contributed by atoms with Crippen molar-refractivity contribution in [1.29, 1.82) is 0 Å². The molecule has 0 atom stereocenters. The summed E-state index contributed by atoms with van der Waals surface area (Å²) in [4.78, 5) is 19.2. The summed E-state index contributed by atoms with van der Waals surface area (Å²) in [6, 6.07) is 7.22. The van der Waals surface area contributed by atoms with Crippen LogP contribution in [0.2, 0.25) is 0 Å². The number of aromatic nitrogens is 1. The van der Waals surface area contributed by atoms with Gasteiger partial charge in [0.05, 0.1) is 16.8 Å². The molecule has 1 aromatic heterocycles. The molecule has 1 aromatic carbocycles. The van der Waals surface area contributed by atoms with Crippen LogP contribution in [0.4, 0.5) is 13.2 Å². The molecule has 2 rings (SSSR count). The van der Waals surface area contributed by atoms with Crippen LogP contribution in [0.15, 0.2) is 47.8 Å². The summed E-state index contributed by atoms with van der Waals surface area (Å²) in [7, 11) is 0. The molecule has 0 aliphatic rings. The van der Waals surface area contributed by atoms with E-state index in [0.29, 0.717) is 11.4 Å². The van der Waals surface area contributed by atoms with Gasteiger partial charge in [0, 0.05) is 6.20 Å². The maximum atomic E-state index is 12.4. The van der Waals surface area contributed by atoms with E-state index >= 15 is 0 Å². The first-order chi connectivity index (χ1) is 9.88. The van der Waals surface area contributed by atoms with Gasteiger partial charge in [0.2, 0.25) is 0 Å². The first-order valence-corrected chi connectivity index (χ1v) is 5.95. The number of rotatable bonds is 3. The van der Waals surface area contributed by atoms with E-state index in [1.807, 2.05) is 0 Å². The number of oxime groups is 1. The monoisotopic (exact) mass is 296 g/mol. The Balaban J connectivity index is 2.06. The molecule has 110 valence electrons. The van der Waals surface area contributed by atoms with Crippen molar-refractivity contribution in [2.75, 3.05) is 0 Å². The fourth-order valence-corrected chi connectivity index (χ4v) is 1.56. The lowest BCUT2D eigenvalue weighted by molar-refractivity contribution is -0.137. The van der Waals surface area contributed by atoms with Gasteiger partial charge in [-0.25, -0.2) is 4.79 Å². The molecular weight excluding hydrogens is 285 g/mol. The predicted molar refractivity (Wildman–Crippen MR) is 69.9 cm³/mol. The summed E-state index contributed by atoms with van der Waals surface area (Å²) in [6.07, 6.45) is -2.75. The van der Waals surface area contributed by atoms with Crippen LogP contribution in [-0.2, 0) is 11.0 Å². The molecule has 21 heavy (non-hydrogen) atoms. The number of hydrogen-bond donors (Lipinski definition) is 1. The van der Waals surface area contributed by atoms with Crippen LogP contribution in [0, 0.1) is 0 Å². The highest BCUT2D eigenvalue weighted by Gasteiger charge is 2.30. The summed E-state index contributed by atoms with van der Waals surface area (Å²) in [5.74, 6) is -0.824. The highest BCUT2D eigenvalue weighted by Crippen LogP contribution is 2.29. The fourth-order valence-electron chi connectivity index (χ4n) is 1.56. The van der Waals surface area contributed by atoms with Crippen molar-refractivity contribution in [1.82, 2.24) is 4.98 Å². The summed E-state index contributed by atoms with van der Waals surface area (Å²) >= 11 is 0. The molecule has 4 nitrogen and oxygen atoms in total. The number of alkyl halides is 3. The molecule has 0 fully saturated rings. The van der Waals surface area contributed by atoms with Gasteiger partial charge >= 0.3 is 12.1 Å². The molecule has 0 unspecified atom stereocenters. The van der Waals surface area contributed by atoms with Gasteiger partial charge in [0.25, 0.3) is 0 Å². The topological polar surface area (TPSA) is 54.4 Å². The molecule has 0 bridgehead atoms. The molecule has 0 radical (unpaired) electrons. The molecule has 1 heterocycles. The predicted octanol–water partition coefficient (Wildman–Crippen LogP) is 3.61. The van der Waals surface area contributed by atoms with Crippen molar-refractivity contribution >= 4 is 11.7 Å². The zero-order valence-electron chi connectivity index (χ0n) is 10.9. The second-order valence-corrected chi connectivity index (χ2v) is 4.21. The minimum atomic E-state index is -4.44. The van der Waals surface area contributed by atoms with Crippen LogP contribution in [0.25, 0.3) is 0 Å². The maximum absolute atomic E-state index is 12.4. The Morgan fingerprint density at radius 1 is 1.19 bits per heavy atom. The van der Waals surface area contributed by atoms with E-state index < -0.39 is 17.7 Å². The molecular formula is C14H11F3N2O2. The minimum absolute atomic E-state index is 0.00830. The van der Waals surface area contributed by atoms with E-state index in [2.05, 4.69) is 15.0 Å². The lowest BCUT2D eigenvalue weighted by atomic mass is 10.1. The third-order valence-electron chi connectivity index (χ3n) is 2.70. The molecule has 7 heteroatoms. The number of hydrogen-bond acceptors (Lipinski definition) is 3. The van der Waals surface area contributed by atoms with E-state index in [4.69, 9.17) is 0 Å². The van der Waals surface area contributed by atoms with E-state index in [1.165, 1.54) is 0 Å². The Labute approximate surface area is 118 Å². The Morgan fingerprint density at radius 3 is 2.38 bits per heavy atom. The lowest BCUT2D eigenvalue weighted by Crippen LogP contribution is -2.07. The molecule has 2 aromatic rings. The zero-order valence-corrected chi connectivity index (χ0v) is 10.9. The maximum Gasteiger partial charge on any atom is 0.416 e. The first-order valence-electron chi connectivity index (χ1n) is 5.95. The van der Waals surface area contributed by atoms with Gasteiger partial charge in [-0.05, 0) is 43.3 Å². The first kappa shape index (κ1) is 14.8. The molecule has 1 N–H and O–H groups in total. The van der Waals surface area contributed by atoms with Crippen molar-refractivity contribution in [3.05, 3.63) is 59.4 Å². The summed E-state index contributed by atoms with van der Waals surface area (Å²) in [5, 5.41) is 3.63. The van der Waals surface area contributed by atoms with Crippen molar-refractivity contribution in [3.63, 3.8) is 0 Å². The minimum Gasteiger partial charge on any atom is -0.360 e. The summed E-state index contributed by atoms with van der Waals surface area (Å²) in [5.41, 5.74) is 0.284. The van der Waals surface area contributed by atoms with Crippen molar-refractivity contribution < 1.29 is 22.8 Å². The molecule has 0 amide bonds. The average Bonchev–Trinajstić information content (AvgIpc) is 2.98. The van der Waals surface area contributed by atoms with Crippen molar-refractivity contribution in [3.8, 4) is 0 Å². The number of nitrogens with zero attached hydrogens (tertiary/aromatic N) is 1. The smallest absolute Gasteiger partial charge is 0.360 e. The SMILES string of the molecule is C/C(=N\OC(=O)c1ccc(C(F)(F)F)cc1)c1ccc[nH]1. The number of nitrogens with one attached hydrogen (secondary N) is 1. The number of halogens is 3. The molecule has 0 saturated heterocycles. The van der Waals surface area contributed by atoms with Gasteiger partial charge < -0.3 is 9.82 Å². The molecule has 0 saturated carbocycles. The Kier molecular flexibility index (Phi) is 4.11. The van der Waals surface area contributed by atoms with Crippen LogP contribution in [-0.4, -0.2) is 16.7 Å². The summed E-state index contributed by atoms with van der Waals surface area (Å²) in [6.45, 7) is 1.63. The third-order valence-corrected chi connectivity index (χ3v) is 2.70. The molecule has 0 aliphatic heterocycles. The van der Waals surface area contributed by atoms with Crippen molar-refractivity contribution in [2.24, 2.45) is 5.16 Å². The van der Waals surface area contributed by atoms with Crippen LogP contribution in [0.3, 0.4) is 0 Å². The number of aromatic amines is 1. The second-order valence-electron chi connectivity index (χ2n) is 4.21. The highest BCUT2D eigenvalue weighted by molar-refractivity contribution is 5.97.